The Morgan fingerprint density at radius 3 is 2.40 bits per heavy atom. The standard InChI is InChI=1S/C14H21ClN4O/c15-13-9-16-14(17-10-13)18-5-3-12(4-6-18)11-19(20)7-1-2-8-19/h9-10,12H,1-8,11H2. The van der Waals surface area contributed by atoms with Crippen LogP contribution in [-0.4, -0.2) is 47.3 Å². The van der Waals surface area contributed by atoms with Gasteiger partial charge >= 0.3 is 0 Å². The Balaban J connectivity index is 1.53. The maximum Gasteiger partial charge on any atom is 0.225 e. The van der Waals surface area contributed by atoms with Gasteiger partial charge in [0.15, 0.2) is 0 Å². The van der Waals surface area contributed by atoms with E-state index in [4.69, 9.17) is 11.6 Å². The number of halogens is 1. The van der Waals surface area contributed by atoms with Crippen LogP contribution in [-0.2, 0) is 0 Å². The van der Waals surface area contributed by atoms with Gasteiger partial charge in [-0.05, 0) is 12.8 Å². The molecule has 6 heteroatoms. The molecule has 3 rings (SSSR count). The SMILES string of the molecule is [O-][N+]1(CC2CCN(c3ncc(Cl)cn3)CC2)CCCC1. The molecule has 2 fully saturated rings. The van der Waals surface area contributed by atoms with Crippen LogP contribution in [0.2, 0.25) is 5.02 Å². The first-order valence-electron chi connectivity index (χ1n) is 7.44. The third kappa shape index (κ3) is 3.22. The molecular formula is C14H21ClN4O. The average Bonchev–Trinajstić information content (AvgIpc) is 2.87. The van der Waals surface area contributed by atoms with Crippen LogP contribution in [0.3, 0.4) is 0 Å². The second kappa shape index (κ2) is 5.84. The zero-order chi connectivity index (χ0) is 14.0. The number of likely N-dealkylation sites (tertiary alicyclic amines) is 1. The van der Waals surface area contributed by atoms with Crippen molar-refractivity contribution in [1.82, 2.24) is 9.97 Å². The Kier molecular flexibility index (Phi) is 4.10. The largest absolute Gasteiger partial charge is 0.633 e. The highest BCUT2D eigenvalue weighted by molar-refractivity contribution is 6.30. The lowest BCUT2D eigenvalue weighted by molar-refractivity contribution is -0.871. The maximum atomic E-state index is 12.4. The lowest BCUT2D eigenvalue weighted by Gasteiger charge is -2.43. The topological polar surface area (TPSA) is 52.1 Å². The molecule has 0 bridgehead atoms. The average molecular weight is 297 g/mol. The Labute approximate surface area is 124 Å². The van der Waals surface area contributed by atoms with Gasteiger partial charge in [-0.2, -0.15) is 0 Å². The lowest BCUT2D eigenvalue weighted by atomic mass is 9.96. The van der Waals surface area contributed by atoms with Crippen molar-refractivity contribution >= 4 is 17.5 Å². The molecule has 0 aromatic carbocycles. The molecule has 2 aliphatic heterocycles. The van der Waals surface area contributed by atoms with Crippen LogP contribution < -0.4 is 4.90 Å². The molecule has 0 saturated carbocycles. The van der Waals surface area contributed by atoms with Gasteiger partial charge in [-0.25, -0.2) is 9.97 Å². The quantitative estimate of drug-likeness (QED) is 0.635. The van der Waals surface area contributed by atoms with Gasteiger partial charge in [-0.15, -0.1) is 0 Å². The highest BCUT2D eigenvalue weighted by Crippen LogP contribution is 2.26. The number of aromatic nitrogens is 2. The predicted octanol–water partition coefficient (Wildman–Crippen LogP) is 2.45. The van der Waals surface area contributed by atoms with Crippen LogP contribution in [0.5, 0.6) is 0 Å². The predicted molar refractivity (Wildman–Crippen MR) is 79.4 cm³/mol. The zero-order valence-corrected chi connectivity index (χ0v) is 12.4. The van der Waals surface area contributed by atoms with Crippen LogP contribution in [0.4, 0.5) is 5.95 Å². The van der Waals surface area contributed by atoms with Crippen molar-refractivity contribution in [2.45, 2.75) is 25.7 Å². The van der Waals surface area contributed by atoms with E-state index in [-0.39, 0.29) is 4.65 Å². The normalized spacial score (nSPS) is 23.2. The van der Waals surface area contributed by atoms with E-state index < -0.39 is 0 Å². The van der Waals surface area contributed by atoms with Gasteiger partial charge in [0.25, 0.3) is 0 Å². The summed E-state index contributed by atoms with van der Waals surface area (Å²) in [6.45, 7) is 4.31. The zero-order valence-electron chi connectivity index (χ0n) is 11.7. The van der Waals surface area contributed by atoms with Gasteiger partial charge in [0, 0.05) is 31.8 Å². The number of hydrogen-bond donors (Lipinski definition) is 0. The molecule has 20 heavy (non-hydrogen) atoms. The Morgan fingerprint density at radius 2 is 1.80 bits per heavy atom. The van der Waals surface area contributed by atoms with Gasteiger partial charge < -0.3 is 14.8 Å². The number of quaternary nitrogens is 1. The summed E-state index contributed by atoms with van der Waals surface area (Å²) in [7, 11) is 0. The fourth-order valence-electron chi connectivity index (χ4n) is 3.35. The first-order valence-corrected chi connectivity index (χ1v) is 7.82. The van der Waals surface area contributed by atoms with Crippen molar-refractivity contribution in [3.8, 4) is 0 Å². The summed E-state index contributed by atoms with van der Waals surface area (Å²) in [5, 5.41) is 13.0. The molecule has 1 aromatic rings. The molecule has 0 spiro atoms. The molecule has 0 aliphatic carbocycles. The first kappa shape index (κ1) is 14.0. The minimum Gasteiger partial charge on any atom is -0.633 e. The fraction of sp³-hybridized carbons (Fsp3) is 0.714. The Bertz CT molecular complexity index is 439. The van der Waals surface area contributed by atoms with Crippen molar-refractivity contribution in [1.29, 1.82) is 0 Å². The molecule has 3 heterocycles. The van der Waals surface area contributed by atoms with Crippen molar-refractivity contribution < 1.29 is 4.65 Å². The molecule has 110 valence electrons. The summed E-state index contributed by atoms with van der Waals surface area (Å²) in [5.74, 6) is 1.30. The number of anilines is 1. The van der Waals surface area contributed by atoms with E-state index >= 15 is 0 Å². The molecule has 2 aliphatic rings. The van der Waals surface area contributed by atoms with Crippen molar-refractivity contribution in [2.24, 2.45) is 5.92 Å². The minimum atomic E-state index is 0.0438. The van der Waals surface area contributed by atoms with Crippen molar-refractivity contribution in [3.05, 3.63) is 22.6 Å². The summed E-state index contributed by atoms with van der Waals surface area (Å²) in [4.78, 5) is 10.7. The van der Waals surface area contributed by atoms with E-state index in [9.17, 15) is 5.21 Å². The first-order chi connectivity index (χ1) is 9.65. The summed E-state index contributed by atoms with van der Waals surface area (Å²) < 4.78 is 0.0438. The molecule has 0 amide bonds. The molecular weight excluding hydrogens is 276 g/mol. The second-order valence-electron chi connectivity index (χ2n) is 6.03. The Hall–Kier alpha value is -0.910. The molecule has 0 unspecified atom stereocenters. The Morgan fingerprint density at radius 1 is 1.20 bits per heavy atom. The van der Waals surface area contributed by atoms with E-state index in [1.807, 2.05) is 0 Å². The van der Waals surface area contributed by atoms with Crippen LogP contribution in [0.15, 0.2) is 12.4 Å². The van der Waals surface area contributed by atoms with Gasteiger partial charge in [-0.3, -0.25) is 0 Å². The highest BCUT2D eigenvalue weighted by atomic mass is 35.5. The van der Waals surface area contributed by atoms with E-state index in [2.05, 4.69) is 14.9 Å². The van der Waals surface area contributed by atoms with Gasteiger partial charge in [0.2, 0.25) is 5.95 Å². The number of piperidine rings is 1. The third-order valence-corrected chi connectivity index (χ3v) is 4.67. The summed E-state index contributed by atoms with van der Waals surface area (Å²) in [5.41, 5.74) is 0. The smallest absolute Gasteiger partial charge is 0.225 e. The van der Waals surface area contributed by atoms with E-state index in [1.165, 1.54) is 0 Å². The summed E-state index contributed by atoms with van der Waals surface area (Å²) >= 11 is 5.80. The van der Waals surface area contributed by atoms with Crippen LogP contribution in [0.1, 0.15) is 25.7 Å². The fourth-order valence-corrected chi connectivity index (χ4v) is 3.45. The highest BCUT2D eigenvalue weighted by Gasteiger charge is 2.29. The molecule has 1 aromatic heterocycles. The van der Waals surface area contributed by atoms with Gasteiger partial charge in [-0.1, -0.05) is 11.6 Å². The van der Waals surface area contributed by atoms with Crippen molar-refractivity contribution in [2.75, 3.05) is 37.6 Å². The second-order valence-corrected chi connectivity index (χ2v) is 6.46. The lowest BCUT2D eigenvalue weighted by Crippen LogP contribution is -2.46. The van der Waals surface area contributed by atoms with Crippen molar-refractivity contribution in [3.63, 3.8) is 0 Å². The number of hydrogen-bond acceptors (Lipinski definition) is 4. The van der Waals surface area contributed by atoms with E-state index in [0.717, 1.165) is 64.4 Å². The van der Waals surface area contributed by atoms with Crippen LogP contribution >= 0.6 is 11.6 Å². The monoisotopic (exact) mass is 296 g/mol. The molecule has 2 saturated heterocycles. The number of rotatable bonds is 3. The number of hydroxylamine groups is 3. The maximum absolute atomic E-state index is 12.4. The molecule has 0 N–H and O–H groups in total. The molecule has 5 nitrogen and oxygen atoms in total. The summed E-state index contributed by atoms with van der Waals surface area (Å²) in [6.07, 6.45) is 7.60. The van der Waals surface area contributed by atoms with Crippen LogP contribution in [0.25, 0.3) is 0 Å². The van der Waals surface area contributed by atoms with Gasteiger partial charge in [0.1, 0.15) is 0 Å². The summed E-state index contributed by atoms with van der Waals surface area (Å²) in [6, 6.07) is 0. The number of nitrogens with zero attached hydrogens (tertiary/aromatic N) is 4. The van der Waals surface area contributed by atoms with E-state index in [1.54, 1.807) is 12.4 Å². The third-order valence-electron chi connectivity index (χ3n) is 4.48. The van der Waals surface area contributed by atoms with E-state index in [0.29, 0.717) is 10.9 Å². The van der Waals surface area contributed by atoms with Gasteiger partial charge in [0.05, 0.1) is 37.1 Å². The van der Waals surface area contributed by atoms with Crippen LogP contribution in [0, 0.1) is 11.1 Å². The molecule has 0 radical (unpaired) electrons. The minimum absolute atomic E-state index is 0.0438. The molecule has 0 atom stereocenters.